The first-order valence-electron chi connectivity index (χ1n) is 7.97. The molecule has 2 atom stereocenters. The van der Waals surface area contributed by atoms with Crippen LogP contribution in [0.1, 0.15) is 11.1 Å². The van der Waals surface area contributed by atoms with Gasteiger partial charge in [0.1, 0.15) is 17.2 Å². The highest BCUT2D eigenvalue weighted by Gasteiger charge is 2.31. The predicted octanol–water partition coefficient (Wildman–Crippen LogP) is 2.65. The lowest BCUT2D eigenvalue weighted by Gasteiger charge is -2.32. The smallest absolute Gasteiger partial charge is 0.122 e. The molecule has 0 aliphatic heterocycles. The molecule has 1 aliphatic carbocycles. The van der Waals surface area contributed by atoms with Gasteiger partial charge in [0, 0.05) is 23.2 Å². The van der Waals surface area contributed by atoms with Gasteiger partial charge in [-0.25, -0.2) is 0 Å². The van der Waals surface area contributed by atoms with Gasteiger partial charge in [-0.3, -0.25) is 0 Å². The van der Waals surface area contributed by atoms with Crippen LogP contribution in [-0.4, -0.2) is 38.6 Å². The predicted molar refractivity (Wildman–Crippen MR) is 93.4 cm³/mol. The summed E-state index contributed by atoms with van der Waals surface area (Å²) in [6.07, 6.45) is 0.701. The van der Waals surface area contributed by atoms with Gasteiger partial charge < -0.3 is 24.6 Å². The average Bonchev–Trinajstić information content (AvgIpc) is 2.62. The number of hydrogen-bond acceptors (Lipinski definition) is 5. The van der Waals surface area contributed by atoms with Crippen LogP contribution in [0, 0.1) is 0 Å². The zero-order chi connectivity index (χ0) is 17.1. The first-order chi connectivity index (χ1) is 11.7. The molecule has 128 valence electrons. The fourth-order valence-corrected chi connectivity index (χ4v) is 3.24. The number of nitrogens with one attached hydrogen (secondary N) is 1. The number of rotatable bonds is 5. The van der Waals surface area contributed by atoms with Crippen LogP contribution in [-0.2, 0) is 12.8 Å². The summed E-state index contributed by atoms with van der Waals surface area (Å²) in [6.45, 7) is 0. The van der Waals surface area contributed by atoms with Gasteiger partial charge in [0.05, 0.1) is 33.5 Å². The number of hydrogen-bond donors (Lipinski definition) is 2. The first-order valence-corrected chi connectivity index (χ1v) is 7.97. The van der Waals surface area contributed by atoms with E-state index in [9.17, 15) is 5.11 Å². The summed E-state index contributed by atoms with van der Waals surface area (Å²) in [5.41, 5.74) is 3.07. The molecule has 5 nitrogen and oxygen atoms in total. The molecule has 0 heterocycles. The molecule has 5 heteroatoms. The molecule has 2 aromatic rings. The Morgan fingerprint density at radius 1 is 0.833 bits per heavy atom. The fourth-order valence-electron chi connectivity index (χ4n) is 3.24. The number of aliphatic hydroxyl groups excluding tert-OH is 1. The van der Waals surface area contributed by atoms with Gasteiger partial charge in [-0.2, -0.15) is 0 Å². The van der Waals surface area contributed by atoms with E-state index in [0.717, 1.165) is 34.1 Å². The van der Waals surface area contributed by atoms with E-state index >= 15 is 0 Å². The minimum atomic E-state index is -0.499. The second-order valence-corrected chi connectivity index (χ2v) is 5.88. The third-order valence-electron chi connectivity index (χ3n) is 4.53. The number of aliphatic hydroxyl groups is 1. The minimum absolute atomic E-state index is 0.0908. The Bertz CT molecular complexity index is 699. The van der Waals surface area contributed by atoms with Crippen molar-refractivity contribution in [3.63, 3.8) is 0 Å². The third-order valence-corrected chi connectivity index (χ3v) is 4.53. The van der Waals surface area contributed by atoms with Gasteiger partial charge in [0.15, 0.2) is 0 Å². The van der Waals surface area contributed by atoms with Crippen molar-refractivity contribution >= 4 is 5.69 Å². The molecule has 1 aliphatic rings. The van der Waals surface area contributed by atoms with Crippen LogP contribution in [0.4, 0.5) is 5.69 Å². The molecule has 0 saturated carbocycles. The molecule has 3 rings (SSSR count). The maximum Gasteiger partial charge on any atom is 0.122 e. The van der Waals surface area contributed by atoms with Gasteiger partial charge >= 0.3 is 0 Å². The van der Waals surface area contributed by atoms with Crippen molar-refractivity contribution in [1.29, 1.82) is 0 Å². The van der Waals surface area contributed by atoms with Crippen molar-refractivity contribution in [2.24, 2.45) is 0 Å². The van der Waals surface area contributed by atoms with Crippen LogP contribution in [0.3, 0.4) is 0 Å². The molecule has 2 N–H and O–H groups in total. The van der Waals surface area contributed by atoms with E-state index in [4.69, 9.17) is 14.2 Å². The van der Waals surface area contributed by atoms with Crippen LogP contribution < -0.4 is 19.5 Å². The Morgan fingerprint density at radius 3 is 1.96 bits per heavy atom. The first kappa shape index (κ1) is 16.5. The molecule has 2 aromatic carbocycles. The SMILES string of the molecule is COc1ccc(N[C@@H]2Cc3c(OC)ccc(OC)c3C[C@H]2O)cc1. The highest BCUT2D eigenvalue weighted by atomic mass is 16.5. The van der Waals surface area contributed by atoms with Gasteiger partial charge in [-0.05, 0) is 42.8 Å². The molecule has 0 aromatic heterocycles. The van der Waals surface area contributed by atoms with Crippen LogP contribution >= 0.6 is 0 Å². The van der Waals surface area contributed by atoms with Crippen molar-refractivity contribution in [1.82, 2.24) is 0 Å². The molecule has 0 unspecified atom stereocenters. The number of ether oxygens (including phenoxy) is 3. The lowest BCUT2D eigenvalue weighted by atomic mass is 9.84. The van der Waals surface area contributed by atoms with Crippen LogP contribution in [0.2, 0.25) is 0 Å². The van der Waals surface area contributed by atoms with E-state index in [1.807, 2.05) is 36.4 Å². The van der Waals surface area contributed by atoms with Crippen molar-refractivity contribution in [3.05, 3.63) is 47.5 Å². The van der Waals surface area contributed by atoms with E-state index in [1.165, 1.54) is 0 Å². The summed E-state index contributed by atoms with van der Waals surface area (Å²) >= 11 is 0. The Labute approximate surface area is 142 Å². The molecular formula is C19H23NO4. The summed E-state index contributed by atoms with van der Waals surface area (Å²) in [4.78, 5) is 0. The molecule has 0 spiro atoms. The van der Waals surface area contributed by atoms with Gasteiger partial charge in [0.2, 0.25) is 0 Å². The highest BCUT2D eigenvalue weighted by molar-refractivity contribution is 5.53. The van der Waals surface area contributed by atoms with E-state index in [0.29, 0.717) is 12.8 Å². The molecule has 0 saturated heterocycles. The number of methoxy groups -OCH3 is 3. The maximum absolute atomic E-state index is 10.6. The summed E-state index contributed by atoms with van der Waals surface area (Å²) in [7, 11) is 4.96. The molecule has 24 heavy (non-hydrogen) atoms. The van der Waals surface area contributed by atoms with Crippen LogP contribution in [0.15, 0.2) is 36.4 Å². The lowest BCUT2D eigenvalue weighted by molar-refractivity contribution is 0.143. The standard InChI is InChI=1S/C19H23NO4/c1-22-13-6-4-12(5-7-13)20-16-10-14-15(11-17(16)21)19(24-3)9-8-18(14)23-2/h4-9,16-17,20-21H,10-11H2,1-3H3/t16-,17-/m1/s1. The number of benzene rings is 2. The Kier molecular flexibility index (Phi) is 4.81. The topological polar surface area (TPSA) is 60.0 Å². The molecule has 0 bridgehead atoms. The summed E-state index contributed by atoms with van der Waals surface area (Å²) in [6, 6.07) is 11.4. The second kappa shape index (κ2) is 7.01. The van der Waals surface area contributed by atoms with E-state index in [2.05, 4.69) is 5.32 Å². The summed E-state index contributed by atoms with van der Waals surface area (Å²) in [5, 5.41) is 14.0. The highest BCUT2D eigenvalue weighted by Crippen LogP contribution is 2.37. The van der Waals surface area contributed by atoms with Crippen molar-refractivity contribution in [3.8, 4) is 17.2 Å². The molecule has 0 amide bonds. The fraction of sp³-hybridized carbons (Fsp3) is 0.368. The quantitative estimate of drug-likeness (QED) is 0.883. The Hall–Kier alpha value is -2.40. The lowest BCUT2D eigenvalue weighted by Crippen LogP contribution is -2.41. The van der Waals surface area contributed by atoms with Crippen molar-refractivity contribution in [2.45, 2.75) is 25.0 Å². The average molecular weight is 329 g/mol. The zero-order valence-electron chi connectivity index (χ0n) is 14.2. The normalized spacial score (nSPS) is 19.3. The summed E-state index contributed by atoms with van der Waals surface area (Å²) < 4.78 is 16.1. The minimum Gasteiger partial charge on any atom is -0.497 e. The maximum atomic E-state index is 10.6. The second-order valence-electron chi connectivity index (χ2n) is 5.88. The van der Waals surface area contributed by atoms with Gasteiger partial charge in [0.25, 0.3) is 0 Å². The number of anilines is 1. The zero-order valence-corrected chi connectivity index (χ0v) is 14.2. The van der Waals surface area contributed by atoms with Gasteiger partial charge in [-0.15, -0.1) is 0 Å². The van der Waals surface area contributed by atoms with Gasteiger partial charge in [-0.1, -0.05) is 0 Å². The van der Waals surface area contributed by atoms with Crippen molar-refractivity contribution in [2.75, 3.05) is 26.6 Å². The van der Waals surface area contributed by atoms with Crippen molar-refractivity contribution < 1.29 is 19.3 Å². The third kappa shape index (κ3) is 3.12. The van der Waals surface area contributed by atoms with E-state index in [1.54, 1.807) is 21.3 Å². The largest absolute Gasteiger partial charge is 0.497 e. The number of fused-ring (bicyclic) bond motifs is 1. The van der Waals surface area contributed by atoms with Crippen LogP contribution in [0.25, 0.3) is 0 Å². The van der Waals surface area contributed by atoms with E-state index in [-0.39, 0.29) is 6.04 Å². The van der Waals surface area contributed by atoms with E-state index < -0.39 is 6.10 Å². The van der Waals surface area contributed by atoms with Crippen LogP contribution in [0.5, 0.6) is 17.2 Å². The molecule has 0 radical (unpaired) electrons. The Balaban J connectivity index is 1.85. The molecular weight excluding hydrogens is 306 g/mol. The molecule has 0 fully saturated rings. The Morgan fingerprint density at radius 2 is 1.42 bits per heavy atom. The monoisotopic (exact) mass is 329 g/mol. The summed E-state index contributed by atoms with van der Waals surface area (Å²) in [5.74, 6) is 2.44.